The Bertz CT molecular complexity index is 280. The summed E-state index contributed by atoms with van der Waals surface area (Å²) in [7, 11) is 0. The molecule has 1 unspecified atom stereocenters. The molecule has 0 heterocycles. The number of nitrogens with one attached hydrogen (secondary N) is 1. The number of primary amides is 1. The normalized spacial score (nSPS) is 11.8. The van der Waals surface area contributed by atoms with Crippen molar-refractivity contribution in [3.05, 3.63) is 0 Å². The average molecular weight is 246 g/mol. The second kappa shape index (κ2) is 8.37. The Morgan fingerprint density at radius 2 is 1.65 bits per heavy atom. The van der Waals surface area contributed by atoms with E-state index in [9.17, 15) is 14.4 Å². The summed E-state index contributed by atoms with van der Waals surface area (Å²) in [6, 6.07) is -1.82. The highest BCUT2D eigenvalue weighted by Crippen LogP contribution is 2.07. The topological polar surface area (TPSA) is 130 Å². The van der Waals surface area contributed by atoms with Gasteiger partial charge in [0.2, 0.25) is 0 Å². The van der Waals surface area contributed by atoms with Crippen molar-refractivity contribution >= 4 is 18.0 Å². The Kier molecular flexibility index (Phi) is 7.49. The van der Waals surface area contributed by atoms with E-state index in [2.05, 4.69) is 5.32 Å². The van der Waals surface area contributed by atoms with Crippen LogP contribution in [0.25, 0.3) is 0 Å². The molecule has 0 saturated heterocycles. The van der Waals surface area contributed by atoms with Crippen LogP contribution in [-0.4, -0.2) is 34.2 Å². The van der Waals surface area contributed by atoms with Gasteiger partial charge in [0.25, 0.3) is 0 Å². The van der Waals surface area contributed by atoms with E-state index in [4.69, 9.17) is 15.9 Å². The number of carbonyl (C=O) groups is 3. The van der Waals surface area contributed by atoms with Crippen molar-refractivity contribution in [1.29, 1.82) is 0 Å². The van der Waals surface area contributed by atoms with Gasteiger partial charge in [-0.1, -0.05) is 19.3 Å². The fraction of sp³-hybridized carbons (Fsp3) is 0.700. The zero-order valence-electron chi connectivity index (χ0n) is 9.52. The zero-order chi connectivity index (χ0) is 13.3. The number of carbonyl (C=O) groups excluding carboxylic acids is 1. The third kappa shape index (κ3) is 9.16. The Morgan fingerprint density at radius 1 is 1.06 bits per heavy atom. The van der Waals surface area contributed by atoms with Gasteiger partial charge in [0.05, 0.1) is 0 Å². The number of hydrogen-bond acceptors (Lipinski definition) is 3. The van der Waals surface area contributed by atoms with Gasteiger partial charge in [-0.2, -0.15) is 0 Å². The first-order valence-electron chi connectivity index (χ1n) is 5.44. The molecule has 0 aliphatic rings. The molecule has 0 fully saturated rings. The quantitative estimate of drug-likeness (QED) is 0.441. The standard InChI is InChI=1S/C10H18N2O5/c11-10(17)12-7(9(15)16)5-3-1-2-4-6-8(13)14/h7H,1-6H2,(H,13,14)(H,15,16)(H3,11,12,17). The molecule has 0 aromatic rings. The molecule has 0 aromatic carbocycles. The molecule has 0 radical (unpaired) electrons. The summed E-state index contributed by atoms with van der Waals surface area (Å²) in [5, 5.41) is 19.3. The van der Waals surface area contributed by atoms with Gasteiger partial charge >= 0.3 is 18.0 Å². The Hall–Kier alpha value is -1.79. The molecule has 0 bridgehead atoms. The van der Waals surface area contributed by atoms with Crippen molar-refractivity contribution in [2.45, 2.75) is 44.6 Å². The highest BCUT2D eigenvalue weighted by Gasteiger charge is 2.17. The maximum Gasteiger partial charge on any atom is 0.326 e. The van der Waals surface area contributed by atoms with E-state index < -0.39 is 24.0 Å². The van der Waals surface area contributed by atoms with Gasteiger partial charge in [-0.25, -0.2) is 9.59 Å². The summed E-state index contributed by atoms with van der Waals surface area (Å²) >= 11 is 0. The van der Waals surface area contributed by atoms with Crippen LogP contribution >= 0.6 is 0 Å². The van der Waals surface area contributed by atoms with E-state index >= 15 is 0 Å². The van der Waals surface area contributed by atoms with E-state index in [0.29, 0.717) is 19.3 Å². The summed E-state index contributed by atoms with van der Waals surface area (Å²) in [6.45, 7) is 0. The van der Waals surface area contributed by atoms with Crippen molar-refractivity contribution < 1.29 is 24.6 Å². The number of amides is 2. The first-order valence-corrected chi connectivity index (χ1v) is 5.44. The summed E-state index contributed by atoms with van der Waals surface area (Å²) in [4.78, 5) is 31.4. The number of unbranched alkanes of at least 4 members (excludes halogenated alkanes) is 3. The molecule has 2 amide bonds. The Labute approximate surface area is 99.0 Å². The van der Waals surface area contributed by atoms with Crippen molar-refractivity contribution in [2.24, 2.45) is 5.73 Å². The van der Waals surface area contributed by atoms with Crippen LogP contribution in [0, 0.1) is 0 Å². The number of aliphatic carboxylic acids is 2. The highest BCUT2D eigenvalue weighted by molar-refractivity contribution is 5.81. The number of rotatable bonds is 9. The third-order valence-corrected chi connectivity index (χ3v) is 2.25. The van der Waals surface area contributed by atoms with Gasteiger partial charge in [0.15, 0.2) is 0 Å². The average Bonchev–Trinajstić information content (AvgIpc) is 2.20. The number of carboxylic acid groups (broad SMARTS) is 2. The highest BCUT2D eigenvalue weighted by atomic mass is 16.4. The fourth-order valence-corrected chi connectivity index (χ4v) is 1.41. The molecule has 7 nitrogen and oxygen atoms in total. The third-order valence-electron chi connectivity index (χ3n) is 2.25. The SMILES string of the molecule is NC(=O)NC(CCCCCCC(=O)O)C(=O)O. The van der Waals surface area contributed by atoms with E-state index in [-0.39, 0.29) is 6.42 Å². The van der Waals surface area contributed by atoms with E-state index in [1.54, 1.807) is 0 Å². The Morgan fingerprint density at radius 3 is 2.12 bits per heavy atom. The molecule has 0 aromatic heterocycles. The molecule has 0 spiro atoms. The lowest BCUT2D eigenvalue weighted by Crippen LogP contribution is -2.43. The van der Waals surface area contributed by atoms with Crippen molar-refractivity contribution in [2.75, 3.05) is 0 Å². The lowest BCUT2D eigenvalue weighted by atomic mass is 10.1. The minimum Gasteiger partial charge on any atom is -0.481 e. The van der Waals surface area contributed by atoms with Crippen LogP contribution in [0.5, 0.6) is 0 Å². The van der Waals surface area contributed by atoms with Crippen LogP contribution in [-0.2, 0) is 9.59 Å². The van der Waals surface area contributed by atoms with Gasteiger partial charge in [-0.15, -0.1) is 0 Å². The molecule has 1 atom stereocenters. The first kappa shape index (κ1) is 15.2. The molecular formula is C10H18N2O5. The Balaban J connectivity index is 3.65. The molecule has 98 valence electrons. The first-order chi connectivity index (χ1) is 7.93. The van der Waals surface area contributed by atoms with Crippen LogP contribution < -0.4 is 11.1 Å². The summed E-state index contributed by atoms with van der Waals surface area (Å²) in [6.07, 6.45) is 3.08. The second-order valence-corrected chi connectivity index (χ2v) is 3.75. The number of urea groups is 1. The van der Waals surface area contributed by atoms with Crippen LogP contribution in [0.3, 0.4) is 0 Å². The fourth-order valence-electron chi connectivity index (χ4n) is 1.41. The van der Waals surface area contributed by atoms with Gasteiger partial charge in [0.1, 0.15) is 6.04 Å². The lowest BCUT2D eigenvalue weighted by molar-refractivity contribution is -0.139. The predicted octanol–water partition coefficient (Wildman–Crippen LogP) is 0.533. The van der Waals surface area contributed by atoms with E-state index in [0.717, 1.165) is 12.8 Å². The van der Waals surface area contributed by atoms with Gasteiger partial charge in [-0.3, -0.25) is 4.79 Å². The molecule has 0 rings (SSSR count). The molecular weight excluding hydrogens is 228 g/mol. The van der Waals surface area contributed by atoms with E-state index in [1.807, 2.05) is 0 Å². The van der Waals surface area contributed by atoms with Crippen molar-refractivity contribution in [3.63, 3.8) is 0 Å². The van der Waals surface area contributed by atoms with Crippen LogP contribution in [0.15, 0.2) is 0 Å². The molecule has 0 aliphatic carbocycles. The molecule has 17 heavy (non-hydrogen) atoms. The lowest BCUT2D eigenvalue weighted by Gasteiger charge is -2.12. The number of nitrogens with two attached hydrogens (primary N) is 1. The zero-order valence-corrected chi connectivity index (χ0v) is 9.52. The predicted molar refractivity (Wildman–Crippen MR) is 59.5 cm³/mol. The molecule has 0 saturated carbocycles. The number of hydrogen-bond donors (Lipinski definition) is 4. The van der Waals surface area contributed by atoms with Gasteiger partial charge in [-0.05, 0) is 12.8 Å². The second-order valence-electron chi connectivity index (χ2n) is 3.75. The summed E-state index contributed by atoms with van der Waals surface area (Å²) in [5.41, 5.74) is 4.84. The summed E-state index contributed by atoms with van der Waals surface area (Å²) < 4.78 is 0. The van der Waals surface area contributed by atoms with Crippen molar-refractivity contribution in [3.8, 4) is 0 Å². The largest absolute Gasteiger partial charge is 0.481 e. The van der Waals surface area contributed by atoms with Crippen LogP contribution in [0.2, 0.25) is 0 Å². The monoisotopic (exact) mass is 246 g/mol. The maximum atomic E-state index is 10.7. The maximum absolute atomic E-state index is 10.7. The summed E-state index contributed by atoms with van der Waals surface area (Å²) in [5.74, 6) is -1.95. The smallest absolute Gasteiger partial charge is 0.326 e. The van der Waals surface area contributed by atoms with Crippen molar-refractivity contribution in [1.82, 2.24) is 5.32 Å². The van der Waals surface area contributed by atoms with E-state index in [1.165, 1.54) is 0 Å². The molecule has 0 aliphatic heterocycles. The van der Waals surface area contributed by atoms with Crippen LogP contribution in [0.4, 0.5) is 4.79 Å². The minimum absolute atomic E-state index is 0.127. The van der Waals surface area contributed by atoms with Gasteiger partial charge in [0, 0.05) is 6.42 Å². The number of carboxylic acids is 2. The van der Waals surface area contributed by atoms with Crippen LogP contribution in [0.1, 0.15) is 38.5 Å². The molecule has 7 heteroatoms. The van der Waals surface area contributed by atoms with Gasteiger partial charge < -0.3 is 21.3 Å². The minimum atomic E-state index is -1.12. The molecule has 5 N–H and O–H groups in total.